The number of phenolic OH excluding ortho intramolecular Hbond substituents is 1. The number of aromatic hydroxyl groups is 1. The Morgan fingerprint density at radius 2 is 1.63 bits per heavy atom. The number of methoxy groups -OCH3 is 2. The highest BCUT2D eigenvalue weighted by molar-refractivity contribution is 6.58. The van der Waals surface area contributed by atoms with Crippen molar-refractivity contribution < 1.29 is 48.0 Å². The van der Waals surface area contributed by atoms with Gasteiger partial charge in [-0.15, -0.1) is 23.2 Å². The van der Waals surface area contributed by atoms with E-state index in [9.17, 15) is 33.5 Å². The Morgan fingerprint density at radius 3 is 2.22 bits per heavy atom. The van der Waals surface area contributed by atoms with Crippen LogP contribution in [0.1, 0.15) is 37.2 Å². The standard InChI is InChI=1S/C32H29Cl2FN2O9/c1-45-21-12-17(38)13-22(46-2)25(21)26-18-9-10-19-24(28(42)36(27(19)41)11-3-4-23(39)40)20(18)14-31(33)29(43)37(30(44)32(26,31)34)16-7-5-15(35)6-8-16/h5-9,12-13,19-20,24,26,38H,3-4,10-11,14H2,1-2H3,(H,39,40). The lowest BCUT2D eigenvalue weighted by molar-refractivity contribution is -0.142. The zero-order valence-corrected chi connectivity index (χ0v) is 26.2. The van der Waals surface area contributed by atoms with Crippen molar-refractivity contribution in [3.63, 3.8) is 0 Å². The molecule has 2 aromatic carbocycles. The number of imide groups is 2. The molecule has 6 atom stereocenters. The van der Waals surface area contributed by atoms with Crippen LogP contribution < -0.4 is 14.4 Å². The highest BCUT2D eigenvalue weighted by atomic mass is 35.5. The first kappa shape index (κ1) is 31.8. The molecular weight excluding hydrogens is 646 g/mol. The molecule has 14 heteroatoms. The largest absolute Gasteiger partial charge is 0.508 e. The summed E-state index contributed by atoms with van der Waals surface area (Å²) < 4.78 is 25.1. The summed E-state index contributed by atoms with van der Waals surface area (Å²) in [5.41, 5.74) is 0.681. The first-order chi connectivity index (χ1) is 21.8. The second kappa shape index (κ2) is 11.3. The van der Waals surface area contributed by atoms with E-state index in [0.29, 0.717) is 5.57 Å². The summed E-state index contributed by atoms with van der Waals surface area (Å²) in [7, 11) is 2.66. The lowest BCUT2D eigenvalue weighted by Crippen LogP contribution is -2.60. The number of hydrogen-bond acceptors (Lipinski definition) is 8. The molecule has 0 radical (unpaired) electrons. The van der Waals surface area contributed by atoms with Gasteiger partial charge in [0.2, 0.25) is 11.8 Å². The molecule has 6 unspecified atom stereocenters. The van der Waals surface area contributed by atoms with E-state index in [1.54, 1.807) is 6.08 Å². The summed E-state index contributed by atoms with van der Waals surface area (Å²) in [6.07, 6.45) is 1.35. The summed E-state index contributed by atoms with van der Waals surface area (Å²) in [4.78, 5) is 64.8. The van der Waals surface area contributed by atoms with Crippen LogP contribution in [0.5, 0.6) is 17.2 Å². The maximum Gasteiger partial charge on any atom is 0.303 e. The Balaban J connectivity index is 1.55. The molecule has 1 saturated carbocycles. The predicted octanol–water partition coefficient (Wildman–Crippen LogP) is 3.98. The molecule has 2 aliphatic heterocycles. The van der Waals surface area contributed by atoms with Gasteiger partial charge in [0.1, 0.15) is 23.1 Å². The summed E-state index contributed by atoms with van der Waals surface area (Å²) in [5.74, 6) is -8.44. The van der Waals surface area contributed by atoms with Gasteiger partial charge in [-0.3, -0.25) is 28.9 Å². The van der Waals surface area contributed by atoms with E-state index in [1.807, 2.05) is 0 Å². The number of hydrogen-bond donors (Lipinski definition) is 2. The van der Waals surface area contributed by atoms with Gasteiger partial charge in [0.25, 0.3) is 11.8 Å². The van der Waals surface area contributed by atoms with Crippen LogP contribution in [0.15, 0.2) is 48.0 Å². The number of halogens is 3. The number of aliphatic carboxylic acids is 1. The van der Waals surface area contributed by atoms with Crippen molar-refractivity contribution in [3.05, 3.63) is 59.4 Å². The minimum atomic E-state index is -2.24. The fraction of sp³-hybridized carbons (Fsp3) is 0.406. The molecule has 0 bridgehead atoms. The maximum absolute atomic E-state index is 14.5. The molecule has 2 heterocycles. The number of nitrogens with zero attached hydrogens (tertiary/aromatic N) is 2. The van der Waals surface area contributed by atoms with E-state index in [2.05, 4.69) is 0 Å². The third-order valence-corrected chi connectivity index (χ3v) is 11.0. The van der Waals surface area contributed by atoms with Crippen molar-refractivity contribution in [2.24, 2.45) is 17.8 Å². The second-order valence-electron chi connectivity index (χ2n) is 11.8. The zero-order valence-electron chi connectivity index (χ0n) is 24.7. The number of allylic oxidation sites excluding steroid dienone is 2. The molecule has 11 nitrogen and oxygen atoms in total. The van der Waals surface area contributed by atoms with Crippen molar-refractivity contribution >= 4 is 58.5 Å². The first-order valence-electron chi connectivity index (χ1n) is 14.5. The number of benzene rings is 2. The number of amides is 4. The van der Waals surface area contributed by atoms with Crippen LogP contribution in [0.3, 0.4) is 0 Å². The number of carboxylic acids is 1. The molecule has 0 aromatic heterocycles. The molecule has 2 aromatic rings. The minimum absolute atomic E-state index is 0.0285. The number of carbonyl (C=O) groups excluding carboxylic acids is 4. The highest BCUT2D eigenvalue weighted by Gasteiger charge is 2.77. The van der Waals surface area contributed by atoms with Gasteiger partial charge in [0, 0.05) is 36.6 Å². The smallest absolute Gasteiger partial charge is 0.303 e. The van der Waals surface area contributed by atoms with Crippen LogP contribution in [0.2, 0.25) is 0 Å². The van der Waals surface area contributed by atoms with Crippen molar-refractivity contribution in [3.8, 4) is 17.2 Å². The van der Waals surface area contributed by atoms with E-state index >= 15 is 0 Å². The summed E-state index contributed by atoms with van der Waals surface area (Å²) >= 11 is 14.7. The zero-order chi connectivity index (χ0) is 33.3. The van der Waals surface area contributed by atoms with Crippen molar-refractivity contribution in [1.29, 1.82) is 0 Å². The van der Waals surface area contributed by atoms with E-state index < -0.39 is 68.8 Å². The van der Waals surface area contributed by atoms with Gasteiger partial charge in [0.05, 0.1) is 31.7 Å². The number of ether oxygens (including phenoxy) is 2. The first-order valence-corrected chi connectivity index (χ1v) is 15.3. The molecule has 6 rings (SSSR count). The van der Waals surface area contributed by atoms with Gasteiger partial charge in [-0.25, -0.2) is 9.29 Å². The van der Waals surface area contributed by atoms with Gasteiger partial charge in [-0.1, -0.05) is 11.6 Å². The molecule has 2 aliphatic carbocycles. The molecule has 2 saturated heterocycles. The quantitative estimate of drug-likeness (QED) is 0.241. The van der Waals surface area contributed by atoms with Crippen molar-refractivity contribution in [1.82, 2.24) is 4.90 Å². The average Bonchev–Trinajstić information content (AvgIpc) is 3.35. The normalized spacial score (nSPS) is 30.2. The number of carbonyl (C=O) groups is 5. The lowest BCUT2D eigenvalue weighted by Gasteiger charge is -2.51. The van der Waals surface area contributed by atoms with Gasteiger partial charge in [-0.2, -0.15) is 0 Å². The topological polar surface area (TPSA) is 151 Å². The SMILES string of the molecule is COc1cc(O)cc(OC)c1C1C2=CCC3C(=O)N(CCCC(=O)O)C(=O)C3C2CC2(Cl)C(=O)N(c3ccc(F)cc3)C(=O)C12Cl. The molecule has 242 valence electrons. The van der Waals surface area contributed by atoms with Crippen molar-refractivity contribution in [2.75, 3.05) is 25.7 Å². The average molecular weight is 675 g/mol. The third kappa shape index (κ3) is 4.40. The Labute approximate surface area is 272 Å². The second-order valence-corrected chi connectivity index (χ2v) is 13.1. The number of alkyl halides is 2. The Morgan fingerprint density at radius 1 is 1.00 bits per heavy atom. The summed E-state index contributed by atoms with van der Waals surface area (Å²) in [6.45, 7) is -0.0940. The van der Waals surface area contributed by atoms with Crippen LogP contribution >= 0.6 is 23.2 Å². The number of rotatable bonds is 8. The molecular formula is C32H29Cl2FN2O9. The Hall–Kier alpha value is -4.16. The monoisotopic (exact) mass is 674 g/mol. The van der Waals surface area contributed by atoms with Crippen LogP contribution in [0, 0.1) is 23.6 Å². The number of fused-ring (bicyclic) bond motifs is 4. The minimum Gasteiger partial charge on any atom is -0.508 e. The van der Waals surface area contributed by atoms with E-state index in [1.165, 1.54) is 38.5 Å². The fourth-order valence-corrected chi connectivity index (χ4v) is 8.52. The van der Waals surface area contributed by atoms with E-state index in [4.69, 9.17) is 37.8 Å². The van der Waals surface area contributed by atoms with E-state index in [0.717, 1.165) is 21.9 Å². The molecule has 0 spiro atoms. The van der Waals surface area contributed by atoms with Gasteiger partial charge in [-0.05, 0) is 49.4 Å². The van der Waals surface area contributed by atoms with Crippen LogP contribution in [-0.4, -0.2) is 75.2 Å². The molecule has 46 heavy (non-hydrogen) atoms. The molecule has 4 amide bonds. The molecule has 4 aliphatic rings. The third-order valence-electron chi connectivity index (χ3n) is 9.58. The maximum atomic E-state index is 14.5. The Bertz CT molecular complexity index is 1690. The van der Waals surface area contributed by atoms with Crippen LogP contribution in [0.25, 0.3) is 0 Å². The number of carboxylic acid groups (broad SMARTS) is 1. The number of likely N-dealkylation sites (tertiary alicyclic amines) is 1. The fourth-order valence-electron chi connectivity index (χ4n) is 7.60. The van der Waals surface area contributed by atoms with Gasteiger partial charge < -0.3 is 19.7 Å². The van der Waals surface area contributed by atoms with Crippen molar-refractivity contribution in [2.45, 2.75) is 41.3 Å². The molecule has 3 fully saturated rings. The number of anilines is 1. The van der Waals surface area contributed by atoms with Crippen LogP contribution in [-0.2, 0) is 24.0 Å². The lowest BCUT2D eigenvalue weighted by atomic mass is 9.56. The van der Waals surface area contributed by atoms with E-state index in [-0.39, 0.29) is 60.7 Å². The number of phenols is 1. The molecule has 2 N–H and O–H groups in total. The van der Waals surface area contributed by atoms with Crippen LogP contribution in [0.4, 0.5) is 10.1 Å². The van der Waals surface area contributed by atoms with Gasteiger partial charge in [0.15, 0.2) is 9.75 Å². The summed E-state index contributed by atoms with van der Waals surface area (Å²) in [5, 5.41) is 19.5. The highest BCUT2D eigenvalue weighted by Crippen LogP contribution is 2.67. The predicted molar refractivity (Wildman–Crippen MR) is 161 cm³/mol. The van der Waals surface area contributed by atoms with Gasteiger partial charge >= 0.3 is 5.97 Å². The Kier molecular flexibility index (Phi) is 7.79. The summed E-state index contributed by atoms with van der Waals surface area (Å²) in [6, 6.07) is 7.23.